The average molecular weight is 466 g/mol. The van der Waals surface area contributed by atoms with E-state index in [4.69, 9.17) is 0 Å². The highest BCUT2D eigenvalue weighted by atomic mass is 32.1. The number of thiophene rings is 1. The Labute approximate surface area is 207 Å². The Morgan fingerprint density at radius 1 is 0.743 bits per heavy atom. The van der Waals surface area contributed by atoms with Gasteiger partial charge in [-0.1, -0.05) is 91.5 Å². The first-order chi connectivity index (χ1) is 17.2. The van der Waals surface area contributed by atoms with E-state index in [1.54, 1.807) is 0 Å². The highest BCUT2D eigenvalue weighted by Crippen LogP contribution is 2.44. The van der Waals surface area contributed by atoms with Crippen molar-refractivity contribution in [2.75, 3.05) is 0 Å². The van der Waals surface area contributed by atoms with Crippen LogP contribution in [0, 0.1) is 6.92 Å². The molecule has 0 radical (unpaired) electrons. The highest BCUT2D eigenvalue weighted by molar-refractivity contribution is 7.26. The standard InChI is InChI=1S/C33H23NS/c1-3-4-10-23-20-30-28(19-21(23)2)26-17-18-27-25-14-7-8-16-31(25)35-33(27)32(26)34(30)29-15-9-12-22-11-5-6-13-24(22)29/h3-20H,1H2,2H3/b10-4-. The van der Waals surface area contributed by atoms with Crippen LogP contribution in [-0.4, -0.2) is 4.57 Å². The summed E-state index contributed by atoms with van der Waals surface area (Å²) in [6, 6.07) is 33.4. The number of hydrogen-bond acceptors (Lipinski definition) is 1. The molecule has 35 heavy (non-hydrogen) atoms. The van der Waals surface area contributed by atoms with Crippen LogP contribution in [0.2, 0.25) is 0 Å². The first-order valence-corrected chi connectivity index (χ1v) is 12.7. The maximum Gasteiger partial charge on any atom is 0.0720 e. The van der Waals surface area contributed by atoms with Gasteiger partial charge in [0, 0.05) is 31.6 Å². The first kappa shape index (κ1) is 20.3. The monoisotopic (exact) mass is 465 g/mol. The molecule has 0 bridgehead atoms. The predicted molar refractivity (Wildman–Crippen MR) is 155 cm³/mol. The number of fused-ring (bicyclic) bond motifs is 8. The summed E-state index contributed by atoms with van der Waals surface area (Å²) in [5, 5.41) is 7.76. The molecule has 0 fully saturated rings. The van der Waals surface area contributed by atoms with Gasteiger partial charge in [0.1, 0.15) is 0 Å². The maximum atomic E-state index is 3.87. The number of rotatable bonds is 3. The topological polar surface area (TPSA) is 4.93 Å². The largest absolute Gasteiger partial charge is 0.307 e. The zero-order chi connectivity index (χ0) is 23.5. The fourth-order valence-electron chi connectivity index (χ4n) is 5.45. The Kier molecular flexibility index (Phi) is 4.45. The van der Waals surface area contributed by atoms with Gasteiger partial charge in [-0.25, -0.2) is 0 Å². The zero-order valence-corrected chi connectivity index (χ0v) is 20.3. The van der Waals surface area contributed by atoms with Crippen molar-refractivity contribution in [3.8, 4) is 5.69 Å². The number of hydrogen-bond donors (Lipinski definition) is 0. The minimum Gasteiger partial charge on any atom is -0.307 e. The fraction of sp³-hybridized carbons (Fsp3) is 0.0303. The number of allylic oxidation sites excluding steroid dienone is 2. The molecule has 0 atom stereocenters. The molecular formula is C33H23NS. The van der Waals surface area contributed by atoms with Gasteiger partial charge in [-0.2, -0.15) is 0 Å². The molecule has 0 saturated carbocycles. The van der Waals surface area contributed by atoms with Crippen molar-refractivity contribution in [3.63, 3.8) is 0 Å². The van der Waals surface area contributed by atoms with Gasteiger partial charge in [0.05, 0.1) is 21.4 Å². The number of aromatic nitrogens is 1. The molecule has 0 aliphatic carbocycles. The van der Waals surface area contributed by atoms with Crippen molar-refractivity contribution in [1.29, 1.82) is 0 Å². The van der Waals surface area contributed by atoms with Crippen LogP contribution in [0.15, 0.2) is 110 Å². The SMILES string of the molecule is C=C/C=C\c1cc2c(cc1C)c1ccc3c4ccccc4sc3c1n2-c1cccc2ccccc12. The lowest BCUT2D eigenvalue weighted by molar-refractivity contribution is 1.20. The molecule has 166 valence electrons. The van der Waals surface area contributed by atoms with E-state index in [0.29, 0.717) is 0 Å². The van der Waals surface area contributed by atoms with E-state index in [1.165, 1.54) is 69.6 Å². The summed E-state index contributed by atoms with van der Waals surface area (Å²) in [6.07, 6.45) is 6.01. The van der Waals surface area contributed by atoms with E-state index < -0.39 is 0 Å². The van der Waals surface area contributed by atoms with E-state index >= 15 is 0 Å². The molecule has 0 unspecified atom stereocenters. The summed E-state index contributed by atoms with van der Waals surface area (Å²) in [7, 11) is 0. The molecule has 0 saturated heterocycles. The molecular weight excluding hydrogens is 442 g/mol. The van der Waals surface area contributed by atoms with E-state index in [-0.39, 0.29) is 0 Å². The maximum absolute atomic E-state index is 3.87. The molecule has 0 spiro atoms. The van der Waals surface area contributed by atoms with Gasteiger partial charge >= 0.3 is 0 Å². The van der Waals surface area contributed by atoms with Gasteiger partial charge in [0.25, 0.3) is 0 Å². The summed E-state index contributed by atoms with van der Waals surface area (Å²) in [6.45, 7) is 6.06. The van der Waals surface area contributed by atoms with Gasteiger partial charge in [0.2, 0.25) is 0 Å². The smallest absolute Gasteiger partial charge is 0.0720 e. The fourth-order valence-corrected chi connectivity index (χ4v) is 6.69. The third kappa shape index (κ3) is 2.94. The van der Waals surface area contributed by atoms with Gasteiger partial charge < -0.3 is 4.57 Å². The molecule has 0 amide bonds. The molecule has 0 aliphatic rings. The summed E-state index contributed by atoms with van der Waals surface area (Å²) in [5.74, 6) is 0. The van der Waals surface area contributed by atoms with Crippen molar-refractivity contribution in [1.82, 2.24) is 4.57 Å². The number of aryl methyl sites for hydroxylation is 1. The Morgan fingerprint density at radius 2 is 1.51 bits per heavy atom. The minimum absolute atomic E-state index is 1.22. The van der Waals surface area contributed by atoms with Gasteiger partial charge in [-0.05, 0) is 47.7 Å². The van der Waals surface area contributed by atoms with Crippen LogP contribution in [0.25, 0.3) is 64.5 Å². The lowest BCUT2D eigenvalue weighted by atomic mass is 10.0. The van der Waals surface area contributed by atoms with Crippen molar-refractivity contribution in [3.05, 3.63) is 121 Å². The van der Waals surface area contributed by atoms with Crippen LogP contribution < -0.4 is 0 Å². The second-order valence-electron chi connectivity index (χ2n) is 9.09. The van der Waals surface area contributed by atoms with Gasteiger partial charge in [0.15, 0.2) is 0 Å². The summed E-state index contributed by atoms with van der Waals surface area (Å²) in [5.41, 5.74) is 6.23. The minimum atomic E-state index is 1.22. The number of benzene rings is 5. The number of nitrogens with zero attached hydrogens (tertiary/aromatic N) is 1. The third-order valence-electron chi connectivity index (χ3n) is 7.08. The zero-order valence-electron chi connectivity index (χ0n) is 19.5. The molecule has 7 rings (SSSR count). The van der Waals surface area contributed by atoms with Crippen molar-refractivity contribution in [2.24, 2.45) is 0 Å². The summed E-state index contributed by atoms with van der Waals surface area (Å²) >= 11 is 1.89. The van der Waals surface area contributed by atoms with Crippen molar-refractivity contribution < 1.29 is 0 Å². The van der Waals surface area contributed by atoms with E-state index in [2.05, 4.69) is 115 Å². The Morgan fingerprint density at radius 3 is 2.40 bits per heavy atom. The lowest BCUT2D eigenvalue weighted by Gasteiger charge is -2.13. The van der Waals surface area contributed by atoms with E-state index in [9.17, 15) is 0 Å². The third-order valence-corrected chi connectivity index (χ3v) is 8.27. The first-order valence-electron chi connectivity index (χ1n) is 11.9. The molecule has 2 aromatic heterocycles. The Balaban J connectivity index is 1.74. The summed E-state index contributed by atoms with van der Waals surface area (Å²) in [4.78, 5) is 0. The average Bonchev–Trinajstić information content (AvgIpc) is 3.42. The molecule has 0 N–H and O–H groups in total. The van der Waals surface area contributed by atoms with Crippen LogP contribution in [0.5, 0.6) is 0 Å². The van der Waals surface area contributed by atoms with Crippen LogP contribution in [-0.2, 0) is 0 Å². The second kappa shape index (κ2) is 7.69. The summed E-state index contributed by atoms with van der Waals surface area (Å²) < 4.78 is 5.17. The van der Waals surface area contributed by atoms with Crippen molar-refractivity contribution >= 4 is 70.2 Å². The molecule has 5 aromatic carbocycles. The van der Waals surface area contributed by atoms with Crippen LogP contribution in [0.3, 0.4) is 0 Å². The van der Waals surface area contributed by atoms with Gasteiger partial charge in [-0.3, -0.25) is 0 Å². The molecule has 0 aliphatic heterocycles. The quantitative estimate of drug-likeness (QED) is 0.229. The van der Waals surface area contributed by atoms with Crippen molar-refractivity contribution in [2.45, 2.75) is 6.92 Å². The Bertz CT molecular complexity index is 1970. The molecule has 2 heterocycles. The lowest BCUT2D eigenvalue weighted by Crippen LogP contribution is -1.96. The van der Waals surface area contributed by atoms with Crippen LogP contribution in [0.1, 0.15) is 11.1 Å². The van der Waals surface area contributed by atoms with Crippen LogP contribution in [0.4, 0.5) is 0 Å². The molecule has 2 heteroatoms. The molecule has 1 nitrogen and oxygen atoms in total. The normalized spacial score (nSPS) is 12.1. The second-order valence-corrected chi connectivity index (χ2v) is 10.1. The van der Waals surface area contributed by atoms with E-state index in [0.717, 1.165) is 0 Å². The molecule has 7 aromatic rings. The highest BCUT2D eigenvalue weighted by Gasteiger charge is 2.19. The van der Waals surface area contributed by atoms with Crippen LogP contribution >= 0.6 is 11.3 Å². The Hall–Kier alpha value is -4.14. The van der Waals surface area contributed by atoms with Gasteiger partial charge in [-0.15, -0.1) is 11.3 Å². The predicted octanol–water partition coefficient (Wildman–Crippen LogP) is 9.81. The van der Waals surface area contributed by atoms with E-state index in [1.807, 2.05) is 23.5 Å².